The highest BCUT2D eigenvalue weighted by Crippen LogP contribution is 2.24. The second kappa shape index (κ2) is 8.13. The number of aromatic nitrogens is 1. The quantitative estimate of drug-likeness (QED) is 0.820. The molecule has 4 rings (SSSR count). The number of aliphatic imine (C=N–C) groups is 1. The first-order valence-corrected chi connectivity index (χ1v) is 10.9. The van der Waals surface area contributed by atoms with Gasteiger partial charge in [0, 0.05) is 35.9 Å². The van der Waals surface area contributed by atoms with Gasteiger partial charge in [0.2, 0.25) is 0 Å². The Bertz CT molecular complexity index is 938. The molecule has 1 aromatic carbocycles. The Morgan fingerprint density at radius 2 is 2.07 bits per heavy atom. The molecule has 5 nitrogen and oxygen atoms in total. The maximum Gasteiger partial charge on any atom is 0.182 e. The molecule has 1 aromatic heterocycles. The highest BCUT2D eigenvalue weighted by atomic mass is 32.2. The van der Waals surface area contributed by atoms with Gasteiger partial charge in [-0.1, -0.05) is 17.8 Å². The highest BCUT2D eigenvalue weighted by molar-refractivity contribution is 8.14. The lowest BCUT2D eigenvalue weighted by atomic mass is 10.1. The van der Waals surface area contributed by atoms with E-state index in [1.165, 1.54) is 34.5 Å². The molecule has 0 bridgehead atoms. The predicted molar refractivity (Wildman–Crippen MR) is 118 cm³/mol. The fraction of sp³-hybridized carbons (Fsp3) is 0.455. The molecule has 0 radical (unpaired) electrons. The van der Waals surface area contributed by atoms with Crippen LogP contribution in [0, 0.1) is 27.7 Å². The number of benzene rings is 1. The molecule has 0 aliphatic carbocycles. The standard InChI is InChI=1S/C22H28N4OS/c1-14-7-8-18(10-15(14)2)23-22-25-24-21(13-28-22)20-11-16(3)26(17(20)4)12-19-6-5-9-27-19/h7-8,10-11,19H,5-6,9,12-13H2,1-4H3,(H,23,25)/t19-/m0/s1. The first-order valence-electron chi connectivity index (χ1n) is 9.91. The number of hydrazone groups is 1. The van der Waals surface area contributed by atoms with E-state index in [0.29, 0.717) is 6.10 Å². The van der Waals surface area contributed by atoms with Crippen LogP contribution >= 0.6 is 11.8 Å². The Hall–Kier alpha value is -2.05. The summed E-state index contributed by atoms with van der Waals surface area (Å²) in [6, 6.07) is 8.52. The van der Waals surface area contributed by atoms with Gasteiger partial charge >= 0.3 is 0 Å². The van der Waals surface area contributed by atoms with Crippen LogP contribution in [0.25, 0.3) is 0 Å². The second-order valence-electron chi connectivity index (χ2n) is 7.67. The van der Waals surface area contributed by atoms with Gasteiger partial charge in [0.15, 0.2) is 5.17 Å². The molecular formula is C22H28N4OS. The number of ether oxygens (including phenoxy) is 1. The molecule has 1 N–H and O–H groups in total. The summed E-state index contributed by atoms with van der Waals surface area (Å²) < 4.78 is 8.20. The molecular weight excluding hydrogens is 368 g/mol. The molecule has 148 valence electrons. The fourth-order valence-electron chi connectivity index (χ4n) is 3.79. The Labute approximate surface area is 171 Å². The van der Waals surface area contributed by atoms with Crippen molar-refractivity contribution in [2.24, 2.45) is 10.1 Å². The number of hydrogen-bond acceptors (Lipinski definition) is 4. The van der Waals surface area contributed by atoms with Crippen molar-refractivity contribution >= 4 is 28.3 Å². The van der Waals surface area contributed by atoms with Gasteiger partial charge in [-0.2, -0.15) is 5.10 Å². The minimum absolute atomic E-state index is 0.343. The summed E-state index contributed by atoms with van der Waals surface area (Å²) in [5.74, 6) is 0.820. The zero-order valence-corrected chi connectivity index (χ0v) is 17.9. The lowest BCUT2D eigenvalue weighted by molar-refractivity contribution is 0.0962. The van der Waals surface area contributed by atoms with E-state index >= 15 is 0 Å². The summed E-state index contributed by atoms with van der Waals surface area (Å²) in [5.41, 5.74) is 11.5. The lowest BCUT2D eigenvalue weighted by Crippen LogP contribution is -2.25. The Kier molecular flexibility index (Phi) is 5.60. The van der Waals surface area contributed by atoms with Crippen molar-refractivity contribution in [3.8, 4) is 0 Å². The van der Waals surface area contributed by atoms with Crippen LogP contribution in [0.3, 0.4) is 0 Å². The third-order valence-electron chi connectivity index (χ3n) is 5.65. The van der Waals surface area contributed by atoms with Crippen LogP contribution in [-0.2, 0) is 11.3 Å². The summed E-state index contributed by atoms with van der Waals surface area (Å²) in [6.07, 6.45) is 2.67. The maximum atomic E-state index is 5.82. The first-order chi connectivity index (χ1) is 13.5. The van der Waals surface area contributed by atoms with E-state index < -0.39 is 0 Å². The number of nitrogens with one attached hydrogen (secondary N) is 1. The lowest BCUT2D eigenvalue weighted by Gasteiger charge is -2.17. The highest BCUT2D eigenvalue weighted by Gasteiger charge is 2.22. The molecule has 0 spiro atoms. The molecule has 2 aliphatic rings. The van der Waals surface area contributed by atoms with Crippen molar-refractivity contribution in [1.29, 1.82) is 0 Å². The maximum absolute atomic E-state index is 5.82. The van der Waals surface area contributed by atoms with E-state index in [-0.39, 0.29) is 0 Å². The molecule has 1 fully saturated rings. The van der Waals surface area contributed by atoms with Gasteiger partial charge < -0.3 is 9.30 Å². The average Bonchev–Trinajstić information content (AvgIpc) is 3.29. The van der Waals surface area contributed by atoms with Crippen LogP contribution in [0.1, 0.15) is 40.9 Å². The van der Waals surface area contributed by atoms with Crippen molar-refractivity contribution < 1.29 is 4.74 Å². The minimum atomic E-state index is 0.343. The van der Waals surface area contributed by atoms with Gasteiger partial charge in [-0.05, 0) is 69.9 Å². The molecule has 3 heterocycles. The SMILES string of the molecule is Cc1ccc(N=C2NN=C(c3cc(C)n(C[C@@H]4CCCO4)c3C)CS2)cc1C. The molecule has 2 aliphatic heterocycles. The van der Waals surface area contributed by atoms with Crippen molar-refractivity contribution in [2.75, 3.05) is 12.4 Å². The fourth-order valence-corrected chi connectivity index (χ4v) is 4.56. The zero-order chi connectivity index (χ0) is 19.7. The Morgan fingerprint density at radius 3 is 2.75 bits per heavy atom. The summed E-state index contributed by atoms with van der Waals surface area (Å²) in [5, 5.41) is 5.48. The topological polar surface area (TPSA) is 50.9 Å². The first kappa shape index (κ1) is 19.3. The summed E-state index contributed by atoms with van der Waals surface area (Å²) in [4.78, 5) is 4.70. The predicted octanol–water partition coefficient (Wildman–Crippen LogP) is 4.63. The normalized spacial score (nSPS) is 21.1. The monoisotopic (exact) mass is 396 g/mol. The van der Waals surface area contributed by atoms with Crippen molar-refractivity contribution in [2.45, 2.75) is 53.2 Å². The van der Waals surface area contributed by atoms with Crippen LogP contribution in [-0.4, -0.2) is 33.9 Å². The van der Waals surface area contributed by atoms with Gasteiger partial charge in [0.1, 0.15) is 0 Å². The molecule has 6 heteroatoms. The smallest absolute Gasteiger partial charge is 0.182 e. The second-order valence-corrected chi connectivity index (χ2v) is 8.64. The van der Waals surface area contributed by atoms with Gasteiger partial charge in [-0.25, -0.2) is 4.99 Å². The largest absolute Gasteiger partial charge is 0.376 e. The van der Waals surface area contributed by atoms with E-state index in [4.69, 9.17) is 9.73 Å². The van der Waals surface area contributed by atoms with Crippen molar-refractivity contribution in [3.63, 3.8) is 0 Å². The Morgan fingerprint density at radius 1 is 1.21 bits per heavy atom. The molecule has 0 unspecified atom stereocenters. The Balaban J connectivity index is 1.50. The molecule has 2 aromatic rings. The third-order valence-corrected chi connectivity index (χ3v) is 6.52. The summed E-state index contributed by atoms with van der Waals surface area (Å²) in [7, 11) is 0. The summed E-state index contributed by atoms with van der Waals surface area (Å²) >= 11 is 1.70. The van der Waals surface area contributed by atoms with Gasteiger partial charge in [0.05, 0.1) is 17.5 Å². The third kappa shape index (κ3) is 4.03. The molecule has 0 amide bonds. The average molecular weight is 397 g/mol. The number of rotatable bonds is 4. The van der Waals surface area contributed by atoms with Crippen LogP contribution in [0.15, 0.2) is 34.4 Å². The van der Waals surface area contributed by atoms with Crippen molar-refractivity contribution in [1.82, 2.24) is 9.99 Å². The number of thioether (sulfide) groups is 1. The van der Waals surface area contributed by atoms with E-state index in [2.05, 4.69) is 67.1 Å². The molecule has 1 atom stereocenters. The van der Waals surface area contributed by atoms with Crippen LogP contribution < -0.4 is 5.43 Å². The van der Waals surface area contributed by atoms with Crippen LogP contribution in [0.5, 0.6) is 0 Å². The molecule has 28 heavy (non-hydrogen) atoms. The number of aryl methyl sites for hydroxylation is 3. The van der Waals surface area contributed by atoms with Crippen LogP contribution in [0.2, 0.25) is 0 Å². The molecule has 1 saturated heterocycles. The van der Waals surface area contributed by atoms with Crippen molar-refractivity contribution in [3.05, 3.63) is 52.3 Å². The number of hydrogen-bond donors (Lipinski definition) is 1. The number of amidine groups is 1. The van der Waals surface area contributed by atoms with Gasteiger partial charge in [-0.15, -0.1) is 0 Å². The van der Waals surface area contributed by atoms with Gasteiger partial charge in [-0.3, -0.25) is 5.43 Å². The summed E-state index contributed by atoms with van der Waals surface area (Å²) in [6.45, 7) is 10.4. The van der Waals surface area contributed by atoms with E-state index in [0.717, 1.165) is 41.9 Å². The van der Waals surface area contributed by atoms with E-state index in [1.807, 2.05) is 0 Å². The van der Waals surface area contributed by atoms with E-state index in [9.17, 15) is 0 Å². The number of nitrogens with zero attached hydrogens (tertiary/aromatic N) is 3. The van der Waals surface area contributed by atoms with E-state index in [1.54, 1.807) is 11.8 Å². The minimum Gasteiger partial charge on any atom is -0.376 e. The zero-order valence-electron chi connectivity index (χ0n) is 17.1. The molecule has 0 saturated carbocycles. The van der Waals surface area contributed by atoms with Gasteiger partial charge in [0.25, 0.3) is 0 Å². The van der Waals surface area contributed by atoms with Crippen LogP contribution in [0.4, 0.5) is 5.69 Å².